The van der Waals surface area contributed by atoms with Crippen LogP contribution in [-0.4, -0.2) is 13.4 Å². The lowest BCUT2D eigenvalue weighted by Gasteiger charge is -2.06. The standard InChI is InChI=1S/C12H10ClFN2O3S/c13-9-5-8(1-2-10(9)14)6-16-20(18,19)12-7-15-4-3-11(12)17/h1-5,7,16H,6H2,(H,15,17). The molecular weight excluding hydrogens is 307 g/mol. The van der Waals surface area contributed by atoms with Crippen LogP contribution in [-0.2, 0) is 16.6 Å². The summed E-state index contributed by atoms with van der Waals surface area (Å²) in [4.78, 5) is 13.6. The van der Waals surface area contributed by atoms with Gasteiger partial charge in [0.1, 0.15) is 10.7 Å². The van der Waals surface area contributed by atoms with Gasteiger partial charge in [-0.3, -0.25) is 4.79 Å². The van der Waals surface area contributed by atoms with E-state index in [1.807, 2.05) is 0 Å². The van der Waals surface area contributed by atoms with E-state index in [1.165, 1.54) is 18.3 Å². The van der Waals surface area contributed by atoms with Crippen molar-refractivity contribution in [2.75, 3.05) is 0 Å². The van der Waals surface area contributed by atoms with Gasteiger partial charge in [0, 0.05) is 25.0 Å². The van der Waals surface area contributed by atoms with E-state index in [0.717, 1.165) is 18.3 Å². The first-order valence-electron chi connectivity index (χ1n) is 5.51. The van der Waals surface area contributed by atoms with Crippen molar-refractivity contribution in [2.45, 2.75) is 11.4 Å². The van der Waals surface area contributed by atoms with Crippen LogP contribution >= 0.6 is 11.6 Å². The molecule has 0 bridgehead atoms. The minimum Gasteiger partial charge on any atom is -0.366 e. The van der Waals surface area contributed by atoms with Gasteiger partial charge in [0.15, 0.2) is 0 Å². The molecule has 0 radical (unpaired) electrons. The molecule has 1 heterocycles. The van der Waals surface area contributed by atoms with Crippen LogP contribution in [0.5, 0.6) is 0 Å². The summed E-state index contributed by atoms with van der Waals surface area (Å²) in [5.41, 5.74) is -0.138. The fourth-order valence-corrected chi connectivity index (χ4v) is 2.79. The monoisotopic (exact) mass is 316 g/mol. The second-order valence-corrected chi connectivity index (χ2v) is 6.09. The molecule has 0 aliphatic rings. The lowest BCUT2D eigenvalue weighted by molar-refractivity contribution is 0.580. The molecule has 2 rings (SSSR count). The average molecular weight is 317 g/mol. The summed E-state index contributed by atoms with van der Waals surface area (Å²) in [7, 11) is -3.94. The molecule has 5 nitrogen and oxygen atoms in total. The number of aromatic nitrogens is 1. The maximum atomic E-state index is 13.0. The van der Waals surface area contributed by atoms with E-state index in [2.05, 4.69) is 9.71 Å². The van der Waals surface area contributed by atoms with E-state index in [9.17, 15) is 17.6 Å². The molecule has 20 heavy (non-hydrogen) atoms. The number of nitrogens with one attached hydrogen (secondary N) is 2. The number of sulfonamides is 1. The Kier molecular flexibility index (Phi) is 4.22. The molecule has 0 fully saturated rings. The van der Waals surface area contributed by atoms with Crippen molar-refractivity contribution >= 4 is 21.6 Å². The summed E-state index contributed by atoms with van der Waals surface area (Å²) in [6.45, 7) is -0.101. The van der Waals surface area contributed by atoms with E-state index in [-0.39, 0.29) is 16.5 Å². The van der Waals surface area contributed by atoms with Crippen LogP contribution in [0.25, 0.3) is 0 Å². The SMILES string of the molecule is O=c1cc[nH]cc1S(=O)(=O)NCc1ccc(F)c(Cl)c1. The van der Waals surface area contributed by atoms with Gasteiger partial charge in [-0.05, 0) is 17.7 Å². The van der Waals surface area contributed by atoms with Crippen LogP contribution < -0.4 is 10.2 Å². The summed E-state index contributed by atoms with van der Waals surface area (Å²) in [6, 6.07) is 4.97. The van der Waals surface area contributed by atoms with E-state index in [0.29, 0.717) is 5.56 Å². The Hall–Kier alpha value is -1.70. The fraction of sp³-hybridized carbons (Fsp3) is 0.0833. The number of rotatable bonds is 4. The van der Waals surface area contributed by atoms with Crippen LogP contribution in [0.3, 0.4) is 0 Å². The molecule has 0 aliphatic carbocycles. The van der Waals surface area contributed by atoms with Crippen LogP contribution in [0, 0.1) is 5.82 Å². The number of benzene rings is 1. The lowest BCUT2D eigenvalue weighted by atomic mass is 10.2. The average Bonchev–Trinajstić information content (AvgIpc) is 2.40. The Labute approximate surface area is 119 Å². The van der Waals surface area contributed by atoms with Gasteiger partial charge in [0.25, 0.3) is 0 Å². The zero-order chi connectivity index (χ0) is 14.8. The molecule has 0 atom stereocenters. The molecule has 0 amide bonds. The van der Waals surface area contributed by atoms with Gasteiger partial charge in [0.05, 0.1) is 5.02 Å². The van der Waals surface area contributed by atoms with Crippen molar-refractivity contribution in [1.29, 1.82) is 0 Å². The molecule has 0 aliphatic heterocycles. The summed E-state index contributed by atoms with van der Waals surface area (Å²) in [5, 5.41) is -0.0979. The first-order chi connectivity index (χ1) is 9.40. The molecular formula is C12H10ClFN2O3S. The van der Waals surface area contributed by atoms with Crippen LogP contribution in [0.15, 0.2) is 46.3 Å². The number of halogens is 2. The number of aromatic amines is 1. The number of H-pyrrole nitrogens is 1. The zero-order valence-electron chi connectivity index (χ0n) is 10.1. The maximum absolute atomic E-state index is 13.0. The smallest absolute Gasteiger partial charge is 0.246 e. The maximum Gasteiger partial charge on any atom is 0.246 e. The van der Waals surface area contributed by atoms with Crippen molar-refractivity contribution in [3.05, 3.63) is 63.3 Å². The lowest BCUT2D eigenvalue weighted by Crippen LogP contribution is -2.28. The second-order valence-electron chi connectivity index (χ2n) is 3.95. The number of hydrogen-bond acceptors (Lipinski definition) is 3. The largest absolute Gasteiger partial charge is 0.366 e. The third-order valence-corrected chi connectivity index (χ3v) is 4.24. The van der Waals surface area contributed by atoms with Gasteiger partial charge in [-0.25, -0.2) is 17.5 Å². The first-order valence-corrected chi connectivity index (χ1v) is 7.37. The van der Waals surface area contributed by atoms with Gasteiger partial charge < -0.3 is 4.98 Å². The zero-order valence-corrected chi connectivity index (χ0v) is 11.6. The van der Waals surface area contributed by atoms with Crippen molar-refractivity contribution in [3.8, 4) is 0 Å². The molecule has 1 aromatic carbocycles. The van der Waals surface area contributed by atoms with E-state index in [4.69, 9.17) is 11.6 Å². The van der Waals surface area contributed by atoms with Crippen molar-refractivity contribution < 1.29 is 12.8 Å². The summed E-state index contributed by atoms with van der Waals surface area (Å²) in [5.74, 6) is -0.585. The predicted molar refractivity (Wildman–Crippen MR) is 72.5 cm³/mol. The summed E-state index contributed by atoms with van der Waals surface area (Å²) in [6.07, 6.45) is 2.43. The highest BCUT2D eigenvalue weighted by Crippen LogP contribution is 2.16. The van der Waals surface area contributed by atoms with Crippen molar-refractivity contribution in [3.63, 3.8) is 0 Å². The molecule has 8 heteroatoms. The predicted octanol–water partition coefficient (Wildman–Crippen LogP) is 1.65. The van der Waals surface area contributed by atoms with Crippen molar-refractivity contribution in [1.82, 2.24) is 9.71 Å². The van der Waals surface area contributed by atoms with Gasteiger partial charge >= 0.3 is 0 Å². The molecule has 0 spiro atoms. The fourth-order valence-electron chi connectivity index (χ4n) is 1.52. The highest BCUT2D eigenvalue weighted by molar-refractivity contribution is 7.89. The molecule has 2 N–H and O–H groups in total. The Morgan fingerprint density at radius 2 is 2.05 bits per heavy atom. The van der Waals surface area contributed by atoms with Crippen LogP contribution in [0.1, 0.15) is 5.56 Å². The third kappa shape index (κ3) is 3.24. The quantitative estimate of drug-likeness (QED) is 0.900. The first kappa shape index (κ1) is 14.7. The Balaban J connectivity index is 2.20. The van der Waals surface area contributed by atoms with E-state index in [1.54, 1.807) is 0 Å². The highest BCUT2D eigenvalue weighted by atomic mass is 35.5. The molecule has 2 aromatic rings. The number of pyridine rings is 1. The van der Waals surface area contributed by atoms with Gasteiger partial charge in [-0.2, -0.15) is 0 Å². The Morgan fingerprint density at radius 1 is 1.30 bits per heavy atom. The summed E-state index contributed by atoms with van der Waals surface area (Å²) >= 11 is 5.60. The van der Waals surface area contributed by atoms with Crippen LogP contribution in [0.4, 0.5) is 4.39 Å². The second kappa shape index (κ2) is 5.74. The summed E-state index contributed by atoms with van der Waals surface area (Å²) < 4.78 is 39.1. The van der Waals surface area contributed by atoms with Crippen LogP contribution in [0.2, 0.25) is 5.02 Å². The van der Waals surface area contributed by atoms with Gasteiger partial charge in [-0.1, -0.05) is 17.7 Å². The highest BCUT2D eigenvalue weighted by Gasteiger charge is 2.17. The topological polar surface area (TPSA) is 79.0 Å². The third-order valence-electron chi connectivity index (χ3n) is 2.53. The molecule has 0 unspecified atom stereocenters. The van der Waals surface area contributed by atoms with E-state index >= 15 is 0 Å². The normalized spacial score (nSPS) is 11.5. The number of hydrogen-bond donors (Lipinski definition) is 2. The molecule has 106 valence electrons. The molecule has 1 aromatic heterocycles. The van der Waals surface area contributed by atoms with Gasteiger partial charge in [0.2, 0.25) is 15.5 Å². The molecule has 0 saturated carbocycles. The van der Waals surface area contributed by atoms with Gasteiger partial charge in [-0.15, -0.1) is 0 Å². The minimum absolute atomic E-state index is 0.0979. The minimum atomic E-state index is -3.94. The molecule has 0 saturated heterocycles. The Bertz CT molecular complexity index is 789. The Morgan fingerprint density at radius 3 is 2.70 bits per heavy atom. The van der Waals surface area contributed by atoms with E-state index < -0.39 is 21.3 Å². The van der Waals surface area contributed by atoms with Crippen molar-refractivity contribution in [2.24, 2.45) is 0 Å².